The van der Waals surface area contributed by atoms with Crippen molar-refractivity contribution in [2.45, 2.75) is 19.4 Å². The maximum Gasteiger partial charge on any atom is 0.168 e. The highest BCUT2D eigenvalue weighted by Crippen LogP contribution is 2.26. The molecule has 2 N–H and O–H groups in total. The van der Waals surface area contributed by atoms with E-state index < -0.39 is 17.4 Å². The first-order chi connectivity index (χ1) is 12.0. The van der Waals surface area contributed by atoms with E-state index in [-0.39, 0.29) is 11.6 Å². The Morgan fingerprint density at radius 3 is 2.68 bits per heavy atom. The Labute approximate surface area is 143 Å². The number of nitrogens with one attached hydrogen (secondary N) is 1. The quantitative estimate of drug-likeness (QED) is 0.692. The summed E-state index contributed by atoms with van der Waals surface area (Å²) in [6.45, 7) is 1.89. The van der Waals surface area contributed by atoms with Gasteiger partial charge in [-0.2, -0.15) is 0 Å². The molecule has 1 atom stereocenters. The molecule has 1 aromatic heterocycles. The van der Waals surface area contributed by atoms with Gasteiger partial charge in [-0.15, -0.1) is 0 Å². The van der Waals surface area contributed by atoms with Crippen molar-refractivity contribution in [3.8, 4) is 5.75 Å². The summed E-state index contributed by atoms with van der Waals surface area (Å²) in [5, 5.41) is 10.1. The molecule has 128 valence electrons. The molecule has 0 unspecified atom stereocenters. The van der Waals surface area contributed by atoms with Crippen LogP contribution in [0.1, 0.15) is 23.7 Å². The van der Waals surface area contributed by atoms with Crippen LogP contribution in [0.15, 0.2) is 60.0 Å². The monoisotopic (exact) mass is 341 g/mol. The van der Waals surface area contributed by atoms with Crippen molar-refractivity contribution >= 4 is 5.71 Å². The molecule has 1 heterocycles. The van der Waals surface area contributed by atoms with Gasteiger partial charge in [0.2, 0.25) is 0 Å². The third kappa shape index (κ3) is 3.91. The van der Waals surface area contributed by atoms with Crippen LogP contribution in [-0.2, 0) is 6.42 Å². The van der Waals surface area contributed by atoms with E-state index in [0.29, 0.717) is 23.8 Å². The average molecular weight is 341 g/mol. The molecule has 6 heteroatoms. The second kappa shape index (κ2) is 7.25. The number of aliphatic imine (C=N–C) groups is 1. The van der Waals surface area contributed by atoms with Crippen LogP contribution in [0.5, 0.6) is 5.75 Å². The SMILES string of the molecule is C[C@H](Cc1cnc[nH]1)N=C(c1ccccc1)c1cc(F)cc(F)c1O. The molecule has 0 aliphatic carbocycles. The Morgan fingerprint density at radius 1 is 1.24 bits per heavy atom. The molecular weight excluding hydrogens is 324 g/mol. The van der Waals surface area contributed by atoms with Gasteiger partial charge in [0.1, 0.15) is 5.82 Å². The standard InChI is InChI=1S/C19H17F2N3O/c1-12(7-15-10-22-11-23-15)24-18(13-5-3-2-4-6-13)16-8-14(20)9-17(21)19(16)25/h2-6,8-12,25H,7H2,1H3,(H,22,23)/t12-/m1/s1. The van der Waals surface area contributed by atoms with Gasteiger partial charge in [0.25, 0.3) is 0 Å². The van der Waals surface area contributed by atoms with E-state index in [9.17, 15) is 13.9 Å². The van der Waals surface area contributed by atoms with Crippen molar-refractivity contribution in [1.29, 1.82) is 0 Å². The van der Waals surface area contributed by atoms with Gasteiger partial charge in [-0.05, 0) is 13.0 Å². The summed E-state index contributed by atoms with van der Waals surface area (Å²) in [5.74, 6) is -2.40. The van der Waals surface area contributed by atoms with Crippen LogP contribution in [0.2, 0.25) is 0 Å². The van der Waals surface area contributed by atoms with Crippen LogP contribution in [0.4, 0.5) is 8.78 Å². The molecule has 2 aromatic carbocycles. The highest BCUT2D eigenvalue weighted by molar-refractivity contribution is 6.14. The highest BCUT2D eigenvalue weighted by Gasteiger charge is 2.18. The maximum absolute atomic E-state index is 13.8. The topological polar surface area (TPSA) is 61.3 Å². The Kier molecular flexibility index (Phi) is 4.88. The van der Waals surface area contributed by atoms with Crippen LogP contribution < -0.4 is 0 Å². The summed E-state index contributed by atoms with van der Waals surface area (Å²) in [4.78, 5) is 11.6. The number of benzene rings is 2. The molecule has 0 saturated carbocycles. The summed E-state index contributed by atoms with van der Waals surface area (Å²) in [7, 11) is 0. The molecule has 0 bridgehead atoms. The average Bonchev–Trinajstić information content (AvgIpc) is 3.10. The predicted molar refractivity (Wildman–Crippen MR) is 91.9 cm³/mol. The summed E-state index contributed by atoms with van der Waals surface area (Å²) in [6, 6.07) is 10.5. The van der Waals surface area contributed by atoms with Gasteiger partial charge < -0.3 is 10.1 Å². The zero-order valence-corrected chi connectivity index (χ0v) is 13.6. The second-order valence-corrected chi connectivity index (χ2v) is 5.76. The summed E-state index contributed by atoms with van der Waals surface area (Å²) in [6.07, 6.45) is 3.86. The number of aromatic amines is 1. The molecule has 0 aliphatic heterocycles. The number of phenolic OH excluding ortho intramolecular Hbond substituents is 1. The molecule has 3 rings (SSSR count). The van der Waals surface area contributed by atoms with Gasteiger partial charge in [-0.1, -0.05) is 30.3 Å². The van der Waals surface area contributed by atoms with Gasteiger partial charge in [0.05, 0.1) is 18.1 Å². The van der Waals surface area contributed by atoms with E-state index in [4.69, 9.17) is 0 Å². The second-order valence-electron chi connectivity index (χ2n) is 5.76. The minimum Gasteiger partial charge on any atom is -0.504 e. The van der Waals surface area contributed by atoms with Crippen molar-refractivity contribution in [1.82, 2.24) is 9.97 Å². The zero-order valence-electron chi connectivity index (χ0n) is 13.6. The van der Waals surface area contributed by atoms with E-state index >= 15 is 0 Å². The van der Waals surface area contributed by atoms with Gasteiger partial charge >= 0.3 is 0 Å². The summed E-state index contributed by atoms with van der Waals surface area (Å²) >= 11 is 0. The predicted octanol–water partition coefficient (Wildman–Crippen LogP) is 3.86. The first-order valence-corrected chi connectivity index (χ1v) is 7.83. The number of hydrogen-bond acceptors (Lipinski definition) is 3. The molecule has 0 aliphatic rings. The third-order valence-corrected chi connectivity index (χ3v) is 3.75. The van der Waals surface area contributed by atoms with Gasteiger partial charge in [-0.3, -0.25) is 4.99 Å². The largest absolute Gasteiger partial charge is 0.504 e. The van der Waals surface area contributed by atoms with Gasteiger partial charge in [-0.25, -0.2) is 13.8 Å². The van der Waals surface area contributed by atoms with E-state index in [2.05, 4.69) is 15.0 Å². The van der Waals surface area contributed by atoms with Crippen molar-refractivity contribution in [3.05, 3.63) is 83.4 Å². The Morgan fingerprint density at radius 2 is 2.00 bits per heavy atom. The van der Waals surface area contributed by atoms with Crippen molar-refractivity contribution in [2.24, 2.45) is 4.99 Å². The molecule has 0 fully saturated rings. The number of aromatic hydroxyl groups is 1. The maximum atomic E-state index is 13.8. The van der Waals surface area contributed by atoms with Crippen LogP contribution in [0, 0.1) is 11.6 Å². The Bertz CT molecular complexity index is 877. The molecule has 0 saturated heterocycles. The number of halogens is 2. The third-order valence-electron chi connectivity index (χ3n) is 3.75. The molecular formula is C19H17F2N3O. The lowest BCUT2D eigenvalue weighted by atomic mass is 10.00. The van der Waals surface area contributed by atoms with Crippen molar-refractivity contribution in [2.75, 3.05) is 0 Å². The molecule has 0 spiro atoms. The first-order valence-electron chi connectivity index (χ1n) is 7.83. The van der Waals surface area contributed by atoms with Crippen LogP contribution in [0.25, 0.3) is 0 Å². The first kappa shape index (κ1) is 16.8. The van der Waals surface area contributed by atoms with Crippen LogP contribution in [-0.4, -0.2) is 26.8 Å². The number of rotatable bonds is 5. The minimum absolute atomic E-state index is 0.0279. The molecule has 4 nitrogen and oxygen atoms in total. The fourth-order valence-electron chi connectivity index (χ4n) is 2.62. The minimum atomic E-state index is -1.01. The van der Waals surface area contributed by atoms with E-state index in [0.717, 1.165) is 11.8 Å². The highest BCUT2D eigenvalue weighted by atomic mass is 19.1. The molecule has 0 radical (unpaired) electrons. The lowest BCUT2D eigenvalue weighted by Gasteiger charge is -2.13. The number of aromatic nitrogens is 2. The lowest BCUT2D eigenvalue weighted by Crippen LogP contribution is -2.12. The smallest absolute Gasteiger partial charge is 0.168 e. The normalized spacial score (nSPS) is 13.0. The lowest BCUT2D eigenvalue weighted by molar-refractivity contribution is 0.426. The number of phenols is 1. The fraction of sp³-hybridized carbons (Fsp3) is 0.158. The number of hydrogen-bond donors (Lipinski definition) is 2. The fourth-order valence-corrected chi connectivity index (χ4v) is 2.62. The van der Waals surface area contributed by atoms with E-state index in [1.165, 1.54) is 0 Å². The van der Waals surface area contributed by atoms with Crippen molar-refractivity contribution < 1.29 is 13.9 Å². The Balaban J connectivity index is 2.06. The van der Waals surface area contributed by atoms with E-state index in [1.54, 1.807) is 36.8 Å². The van der Waals surface area contributed by atoms with Crippen LogP contribution >= 0.6 is 0 Å². The van der Waals surface area contributed by atoms with Gasteiger partial charge in [0.15, 0.2) is 11.6 Å². The van der Waals surface area contributed by atoms with Crippen LogP contribution in [0.3, 0.4) is 0 Å². The molecule has 25 heavy (non-hydrogen) atoms. The van der Waals surface area contributed by atoms with Gasteiger partial charge in [0, 0.05) is 35.5 Å². The summed E-state index contributed by atoms with van der Waals surface area (Å²) < 4.78 is 27.5. The molecule has 0 amide bonds. The number of imidazole rings is 1. The number of nitrogens with zero attached hydrogens (tertiary/aromatic N) is 2. The Hall–Kier alpha value is -3.02. The number of H-pyrrole nitrogens is 1. The molecule has 3 aromatic rings. The van der Waals surface area contributed by atoms with Crippen molar-refractivity contribution in [3.63, 3.8) is 0 Å². The summed E-state index contributed by atoms with van der Waals surface area (Å²) in [5.41, 5.74) is 1.93. The zero-order chi connectivity index (χ0) is 17.8. The van der Waals surface area contributed by atoms with E-state index in [1.807, 2.05) is 13.0 Å².